The molecule has 0 radical (unpaired) electrons. The number of carboxylic acids is 1. The predicted molar refractivity (Wildman–Crippen MR) is 128 cm³/mol. The van der Waals surface area contributed by atoms with E-state index >= 15 is 0 Å². The summed E-state index contributed by atoms with van der Waals surface area (Å²) in [5.41, 5.74) is 0.668. The average Bonchev–Trinajstić information content (AvgIpc) is 2.79. The maximum Gasteiger partial charge on any atom is 0.345 e. The van der Waals surface area contributed by atoms with Crippen molar-refractivity contribution in [2.24, 2.45) is 0 Å². The second kappa shape index (κ2) is 13.3. The zero-order valence-corrected chi connectivity index (χ0v) is 20.8. The fourth-order valence-electron chi connectivity index (χ4n) is 2.99. The Labute approximate surface area is 216 Å². The second-order valence-electron chi connectivity index (χ2n) is 7.66. The summed E-state index contributed by atoms with van der Waals surface area (Å²) in [5.74, 6) is -5.31. The van der Waals surface area contributed by atoms with Crippen LogP contribution in [-0.2, 0) is 39.9 Å². The Kier molecular flexibility index (Phi) is 10.3. The lowest BCUT2D eigenvalue weighted by molar-refractivity contribution is -0.160. The van der Waals surface area contributed by atoms with E-state index in [1.165, 1.54) is 49.4 Å². The van der Waals surface area contributed by atoms with Crippen molar-refractivity contribution in [1.82, 2.24) is 0 Å². The lowest BCUT2D eigenvalue weighted by atomic mass is 10.1. The highest BCUT2D eigenvalue weighted by atomic mass is 16.6. The van der Waals surface area contributed by atoms with Crippen molar-refractivity contribution in [2.75, 3.05) is 0 Å². The van der Waals surface area contributed by atoms with Crippen LogP contribution in [0.3, 0.4) is 0 Å². The second-order valence-corrected chi connectivity index (χ2v) is 7.66. The van der Waals surface area contributed by atoms with Crippen molar-refractivity contribution in [1.29, 1.82) is 0 Å². The van der Waals surface area contributed by atoms with E-state index in [1.807, 2.05) is 0 Å². The van der Waals surface area contributed by atoms with Gasteiger partial charge in [-0.15, -0.1) is 0 Å². The number of carbonyl (C=O) groups excluding carboxylic acids is 5. The quantitative estimate of drug-likeness (QED) is 0.272. The number of hydrogen-bond donors (Lipinski definition) is 1. The van der Waals surface area contributed by atoms with Crippen LogP contribution in [0.5, 0.6) is 23.0 Å². The molecule has 2 rings (SSSR count). The van der Waals surface area contributed by atoms with E-state index in [2.05, 4.69) is 0 Å². The third-order valence-electron chi connectivity index (χ3n) is 4.36. The number of carbonyl (C=O) groups is 6. The molecule has 0 fully saturated rings. The molecule has 2 aromatic carbocycles. The first-order valence-corrected chi connectivity index (χ1v) is 11.0. The first-order valence-electron chi connectivity index (χ1n) is 11.0. The van der Waals surface area contributed by atoms with Crippen molar-refractivity contribution < 1.29 is 57.6 Å². The zero-order valence-electron chi connectivity index (χ0n) is 20.8. The van der Waals surface area contributed by atoms with Crippen LogP contribution in [0.25, 0.3) is 6.08 Å². The largest absolute Gasteiger partial charge is 0.478 e. The van der Waals surface area contributed by atoms with E-state index in [0.29, 0.717) is 11.1 Å². The summed E-state index contributed by atoms with van der Waals surface area (Å²) >= 11 is 0. The molecule has 0 aliphatic heterocycles. The number of carboxylic acid groups (broad SMARTS) is 1. The molecule has 38 heavy (non-hydrogen) atoms. The van der Waals surface area contributed by atoms with Gasteiger partial charge < -0.3 is 28.8 Å². The van der Waals surface area contributed by atoms with Gasteiger partial charge in [-0.2, -0.15) is 0 Å². The highest BCUT2D eigenvalue weighted by molar-refractivity contribution is 5.89. The summed E-state index contributed by atoms with van der Waals surface area (Å²) in [6.07, 6.45) is 0.331. The maximum atomic E-state index is 12.3. The molecule has 12 heteroatoms. The molecule has 0 aliphatic carbocycles. The van der Waals surface area contributed by atoms with Crippen LogP contribution in [0.2, 0.25) is 0 Å². The lowest BCUT2D eigenvalue weighted by Gasteiger charge is -2.15. The maximum absolute atomic E-state index is 12.3. The van der Waals surface area contributed by atoms with Gasteiger partial charge in [0.15, 0.2) is 23.0 Å². The SMILES string of the molecule is CC(=O)Oc1ccc(/C=C/C(=O)OC(Cc2ccc(OC(C)=O)c(OC(C)=O)c2)C(=O)O)cc1OC(C)=O. The molecule has 0 saturated carbocycles. The standard InChI is InChI=1S/C26H24O12/c1-14(27)34-20-8-5-18(11-22(20)36-16(3)29)7-10-25(31)38-24(26(32)33)13-19-6-9-21(35-15(2)28)23(12-19)37-17(4)30/h5-12,24H,13H2,1-4H3,(H,32,33)/b10-7+. The molecular formula is C26H24O12. The number of ether oxygens (including phenoxy) is 5. The molecule has 0 saturated heterocycles. The average molecular weight is 528 g/mol. The highest BCUT2D eigenvalue weighted by Gasteiger charge is 2.23. The van der Waals surface area contributed by atoms with E-state index in [4.69, 9.17) is 23.7 Å². The number of hydrogen-bond acceptors (Lipinski definition) is 11. The fraction of sp³-hybridized carbons (Fsp3) is 0.231. The van der Waals surface area contributed by atoms with E-state index in [-0.39, 0.29) is 29.4 Å². The topological polar surface area (TPSA) is 169 Å². The monoisotopic (exact) mass is 528 g/mol. The van der Waals surface area contributed by atoms with Crippen LogP contribution in [0.4, 0.5) is 0 Å². The molecule has 0 bridgehead atoms. The van der Waals surface area contributed by atoms with Crippen LogP contribution in [-0.4, -0.2) is 47.0 Å². The summed E-state index contributed by atoms with van der Waals surface area (Å²) in [6, 6.07) is 8.18. The van der Waals surface area contributed by atoms with Gasteiger partial charge in [-0.25, -0.2) is 9.59 Å². The minimum absolute atomic E-state index is 0.00814. The molecule has 1 atom stereocenters. The summed E-state index contributed by atoms with van der Waals surface area (Å²) in [6.45, 7) is 4.62. The number of aliphatic carboxylic acids is 1. The molecular weight excluding hydrogens is 504 g/mol. The van der Waals surface area contributed by atoms with Gasteiger partial charge >= 0.3 is 35.8 Å². The van der Waals surface area contributed by atoms with Gasteiger partial charge in [0.25, 0.3) is 0 Å². The van der Waals surface area contributed by atoms with E-state index in [0.717, 1.165) is 26.8 Å². The van der Waals surface area contributed by atoms with Gasteiger partial charge in [0.05, 0.1) is 0 Å². The minimum atomic E-state index is -1.61. The minimum Gasteiger partial charge on any atom is -0.478 e. The molecule has 12 nitrogen and oxygen atoms in total. The molecule has 0 spiro atoms. The van der Waals surface area contributed by atoms with Gasteiger partial charge in [0, 0.05) is 40.2 Å². The lowest BCUT2D eigenvalue weighted by Crippen LogP contribution is -2.28. The Balaban J connectivity index is 2.19. The summed E-state index contributed by atoms with van der Waals surface area (Å²) in [5, 5.41) is 9.53. The van der Waals surface area contributed by atoms with Crippen molar-refractivity contribution in [3.05, 3.63) is 53.6 Å². The fourth-order valence-corrected chi connectivity index (χ4v) is 2.99. The van der Waals surface area contributed by atoms with Gasteiger partial charge in [-0.05, 0) is 41.5 Å². The van der Waals surface area contributed by atoms with Crippen molar-refractivity contribution in [3.63, 3.8) is 0 Å². The zero-order chi connectivity index (χ0) is 28.4. The Morgan fingerprint density at radius 1 is 0.711 bits per heavy atom. The first-order chi connectivity index (χ1) is 17.8. The van der Waals surface area contributed by atoms with Crippen LogP contribution in [0, 0.1) is 0 Å². The molecule has 1 unspecified atom stereocenters. The van der Waals surface area contributed by atoms with Gasteiger partial charge in [-0.1, -0.05) is 12.1 Å². The molecule has 0 amide bonds. The van der Waals surface area contributed by atoms with Gasteiger partial charge in [0.1, 0.15) is 0 Å². The smallest absolute Gasteiger partial charge is 0.345 e. The Hall–Kier alpha value is -5.00. The molecule has 0 heterocycles. The molecule has 2 aromatic rings. The molecule has 0 aliphatic rings. The Morgan fingerprint density at radius 3 is 1.68 bits per heavy atom. The van der Waals surface area contributed by atoms with Crippen molar-refractivity contribution in [2.45, 2.75) is 40.2 Å². The normalized spacial score (nSPS) is 11.3. The Bertz CT molecular complexity index is 1290. The van der Waals surface area contributed by atoms with E-state index < -0.39 is 41.9 Å². The van der Waals surface area contributed by atoms with Crippen LogP contribution in [0.1, 0.15) is 38.8 Å². The third-order valence-corrected chi connectivity index (χ3v) is 4.36. The van der Waals surface area contributed by atoms with Gasteiger partial charge in [-0.3, -0.25) is 19.2 Å². The van der Waals surface area contributed by atoms with Crippen LogP contribution >= 0.6 is 0 Å². The molecule has 1 N–H and O–H groups in total. The van der Waals surface area contributed by atoms with E-state index in [9.17, 15) is 33.9 Å². The van der Waals surface area contributed by atoms with Crippen LogP contribution < -0.4 is 18.9 Å². The summed E-state index contributed by atoms with van der Waals surface area (Å²) in [7, 11) is 0. The Morgan fingerprint density at radius 2 is 1.18 bits per heavy atom. The highest BCUT2D eigenvalue weighted by Crippen LogP contribution is 2.30. The summed E-state index contributed by atoms with van der Waals surface area (Å²) < 4.78 is 25.0. The van der Waals surface area contributed by atoms with Crippen LogP contribution in [0.15, 0.2) is 42.5 Å². The van der Waals surface area contributed by atoms with E-state index in [1.54, 1.807) is 0 Å². The van der Waals surface area contributed by atoms with Crippen molar-refractivity contribution >= 4 is 41.9 Å². The predicted octanol–water partition coefficient (Wildman–Crippen LogP) is 2.64. The number of esters is 5. The first kappa shape index (κ1) is 29.2. The summed E-state index contributed by atoms with van der Waals surface area (Å²) in [4.78, 5) is 69.3. The van der Waals surface area contributed by atoms with Gasteiger partial charge in [0.2, 0.25) is 6.10 Å². The number of benzene rings is 2. The van der Waals surface area contributed by atoms with Crippen molar-refractivity contribution in [3.8, 4) is 23.0 Å². The molecule has 0 aromatic heterocycles. The number of rotatable bonds is 10. The third kappa shape index (κ3) is 9.57. The molecule has 200 valence electrons.